The highest BCUT2D eigenvalue weighted by Crippen LogP contribution is 2.53. The van der Waals surface area contributed by atoms with Gasteiger partial charge in [0.2, 0.25) is 0 Å². The Labute approximate surface area is 145 Å². The van der Waals surface area contributed by atoms with Crippen LogP contribution in [0, 0.1) is 5.41 Å². The molecule has 3 aliphatic rings. The number of likely N-dealkylation sites (tertiary alicyclic amines) is 2. The summed E-state index contributed by atoms with van der Waals surface area (Å²) in [7, 11) is 2.25. The molecule has 4 rings (SSSR count). The summed E-state index contributed by atoms with van der Waals surface area (Å²) in [6, 6.07) is 3.45. The fourth-order valence-corrected chi connectivity index (χ4v) is 5.82. The van der Waals surface area contributed by atoms with Gasteiger partial charge in [-0.3, -0.25) is 9.48 Å². The normalized spacial score (nSPS) is 36.2. The van der Waals surface area contributed by atoms with Gasteiger partial charge in [0.25, 0.3) is 5.91 Å². The van der Waals surface area contributed by atoms with Crippen LogP contribution in [0.1, 0.15) is 69.4 Å². The highest BCUT2D eigenvalue weighted by molar-refractivity contribution is 5.93. The Morgan fingerprint density at radius 3 is 2.71 bits per heavy atom. The third kappa shape index (κ3) is 2.17. The maximum Gasteiger partial charge on any atom is 0.272 e. The number of amides is 1. The van der Waals surface area contributed by atoms with Crippen molar-refractivity contribution >= 4 is 5.91 Å². The Bertz CT molecular complexity index is 639. The monoisotopic (exact) mass is 330 g/mol. The van der Waals surface area contributed by atoms with Crippen LogP contribution in [0.25, 0.3) is 0 Å². The molecule has 1 aromatic heterocycles. The number of nitrogens with zero attached hydrogens (tertiary/aromatic N) is 4. The first kappa shape index (κ1) is 16.1. The Hall–Kier alpha value is -1.36. The molecule has 1 aliphatic carbocycles. The summed E-state index contributed by atoms with van der Waals surface area (Å²) in [5, 5.41) is 4.38. The van der Waals surface area contributed by atoms with E-state index in [9.17, 15) is 4.79 Å². The lowest BCUT2D eigenvalue weighted by atomic mass is 9.71. The molecule has 3 heterocycles. The molecule has 5 nitrogen and oxygen atoms in total. The molecule has 2 saturated heterocycles. The van der Waals surface area contributed by atoms with Gasteiger partial charge in [-0.05, 0) is 46.2 Å². The van der Waals surface area contributed by atoms with Gasteiger partial charge in [-0.25, -0.2) is 0 Å². The first-order chi connectivity index (χ1) is 11.4. The van der Waals surface area contributed by atoms with E-state index in [1.807, 2.05) is 10.7 Å². The van der Waals surface area contributed by atoms with E-state index in [0.717, 1.165) is 25.1 Å². The van der Waals surface area contributed by atoms with Crippen LogP contribution < -0.4 is 0 Å². The minimum Gasteiger partial charge on any atom is -0.329 e. The molecule has 0 aromatic carbocycles. The number of carbonyl (C=O) groups is 1. The van der Waals surface area contributed by atoms with Crippen molar-refractivity contribution in [2.45, 2.75) is 77.0 Å². The van der Waals surface area contributed by atoms with E-state index in [2.05, 4.69) is 42.7 Å². The minimum absolute atomic E-state index is 0.191. The van der Waals surface area contributed by atoms with Gasteiger partial charge in [0.1, 0.15) is 5.69 Å². The molecule has 1 aromatic rings. The first-order valence-electron chi connectivity index (χ1n) is 9.50. The maximum absolute atomic E-state index is 13.5. The first-order valence-corrected chi connectivity index (χ1v) is 9.50. The summed E-state index contributed by atoms with van der Waals surface area (Å²) in [6.07, 6.45) is 7.89. The van der Waals surface area contributed by atoms with Crippen LogP contribution in [0.15, 0.2) is 12.3 Å². The standard InChI is InChI=1S/C19H30N4O/c1-13(2)23-15(9-10-20-23)18(24)22-14-11-19(3)16(21(4)12-14)7-5-6-8-17(19)22/h9-10,13-14,16-17H,5-8,11-12H2,1-4H3/t14-,16+,17-,19+/m0/s1. The molecule has 0 radical (unpaired) electrons. The Kier molecular flexibility index (Phi) is 3.75. The number of fused-ring (bicyclic) bond motifs is 1. The van der Waals surface area contributed by atoms with Crippen molar-refractivity contribution in [1.82, 2.24) is 19.6 Å². The second-order valence-corrected chi connectivity index (χ2v) is 8.59. The summed E-state index contributed by atoms with van der Waals surface area (Å²) in [4.78, 5) is 18.3. The van der Waals surface area contributed by atoms with E-state index in [0.29, 0.717) is 18.1 Å². The van der Waals surface area contributed by atoms with Crippen molar-refractivity contribution in [2.75, 3.05) is 13.6 Å². The molecule has 2 aliphatic heterocycles. The molecular weight excluding hydrogens is 300 g/mol. The summed E-state index contributed by atoms with van der Waals surface area (Å²) >= 11 is 0. The molecule has 0 spiro atoms. The number of rotatable bonds is 2. The van der Waals surface area contributed by atoms with Gasteiger partial charge in [-0.15, -0.1) is 0 Å². The predicted octanol–water partition coefficient (Wildman–Crippen LogP) is 2.94. The van der Waals surface area contributed by atoms with Crippen LogP contribution in [0.3, 0.4) is 0 Å². The number of aromatic nitrogens is 2. The van der Waals surface area contributed by atoms with Crippen molar-refractivity contribution in [1.29, 1.82) is 0 Å². The van der Waals surface area contributed by atoms with Gasteiger partial charge in [0, 0.05) is 42.3 Å². The van der Waals surface area contributed by atoms with E-state index in [-0.39, 0.29) is 17.4 Å². The van der Waals surface area contributed by atoms with Gasteiger partial charge in [0.15, 0.2) is 0 Å². The summed E-state index contributed by atoms with van der Waals surface area (Å²) < 4.78 is 1.88. The third-order valence-electron chi connectivity index (χ3n) is 6.78. The quantitative estimate of drug-likeness (QED) is 0.837. The average molecular weight is 330 g/mol. The molecule has 4 atom stereocenters. The zero-order valence-electron chi connectivity index (χ0n) is 15.4. The van der Waals surface area contributed by atoms with Crippen molar-refractivity contribution < 1.29 is 4.79 Å². The average Bonchev–Trinajstić information content (AvgIpc) is 3.04. The molecule has 24 heavy (non-hydrogen) atoms. The highest BCUT2D eigenvalue weighted by atomic mass is 16.2. The second kappa shape index (κ2) is 5.58. The molecule has 1 amide bonds. The van der Waals surface area contributed by atoms with E-state index in [1.54, 1.807) is 6.20 Å². The summed E-state index contributed by atoms with van der Waals surface area (Å²) in [5.41, 5.74) is 0.997. The van der Waals surface area contributed by atoms with Crippen LogP contribution in [0.4, 0.5) is 0 Å². The fourth-order valence-electron chi connectivity index (χ4n) is 5.82. The zero-order chi connectivity index (χ0) is 17.1. The van der Waals surface area contributed by atoms with Gasteiger partial charge in [-0.1, -0.05) is 19.8 Å². The Morgan fingerprint density at radius 1 is 1.29 bits per heavy atom. The number of hydrogen-bond donors (Lipinski definition) is 0. The molecular formula is C19H30N4O. The van der Waals surface area contributed by atoms with Crippen LogP contribution in [-0.2, 0) is 0 Å². The molecule has 2 bridgehead atoms. The molecule has 3 fully saturated rings. The van der Waals surface area contributed by atoms with Crippen molar-refractivity contribution in [3.05, 3.63) is 18.0 Å². The second-order valence-electron chi connectivity index (χ2n) is 8.59. The topological polar surface area (TPSA) is 41.4 Å². The van der Waals surface area contributed by atoms with Crippen molar-refractivity contribution in [3.63, 3.8) is 0 Å². The number of likely N-dealkylation sites (N-methyl/N-ethyl adjacent to an activating group) is 1. The summed E-state index contributed by atoms with van der Waals surface area (Å²) in [5.74, 6) is 0.191. The van der Waals surface area contributed by atoms with Crippen LogP contribution in [-0.4, -0.2) is 57.2 Å². The molecule has 1 saturated carbocycles. The molecule has 0 N–H and O–H groups in total. The predicted molar refractivity (Wildman–Crippen MR) is 94.0 cm³/mol. The lowest BCUT2D eigenvalue weighted by Crippen LogP contribution is -2.51. The van der Waals surface area contributed by atoms with E-state index in [4.69, 9.17) is 0 Å². The van der Waals surface area contributed by atoms with Gasteiger partial charge < -0.3 is 9.80 Å². The van der Waals surface area contributed by atoms with Gasteiger partial charge >= 0.3 is 0 Å². The third-order valence-corrected chi connectivity index (χ3v) is 6.78. The van der Waals surface area contributed by atoms with Crippen LogP contribution >= 0.6 is 0 Å². The lowest BCUT2D eigenvalue weighted by Gasteiger charge is -2.44. The lowest BCUT2D eigenvalue weighted by molar-refractivity contribution is 0.0574. The van der Waals surface area contributed by atoms with E-state index < -0.39 is 0 Å². The highest BCUT2D eigenvalue weighted by Gasteiger charge is 2.59. The van der Waals surface area contributed by atoms with Crippen molar-refractivity contribution in [3.8, 4) is 0 Å². The molecule has 5 heteroatoms. The largest absolute Gasteiger partial charge is 0.329 e. The van der Waals surface area contributed by atoms with Gasteiger partial charge in [-0.2, -0.15) is 5.10 Å². The number of piperidine rings is 1. The van der Waals surface area contributed by atoms with Crippen LogP contribution in [0.2, 0.25) is 0 Å². The molecule has 132 valence electrons. The van der Waals surface area contributed by atoms with Crippen molar-refractivity contribution in [2.24, 2.45) is 5.41 Å². The number of carbonyl (C=O) groups excluding carboxylic acids is 1. The van der Waals surface area contributed by atoms with Gasteiger partial charge in [0.05, 0.1) is 0 Å². The fraction of sp³-hybridized carbons (Fsp3) is 0.789. The summed E-state index contributed by atoms with van der Waals surface area (Å²) in [6.45, 7) is 7.62. The minimum atomic E-state index is 0.191. The zero-order valence-corrected chi connectivity index (χ0v) is 15.4. The maximum atomic E-state index is 13.5. The molecule has 0 unspecified atom stereocenters. The Morgan fingerprint density at radius 2 is 2.00 bits per heavy atom. The van der Waals surface area contributed by atoms with E-state index >= 15 is 0 Å². The SMILES string of the molecule is CC(C)n1nccc1C(=O)N1[C@@H]2CN(C)[C@@H]3CCCC[C@H]1[C@]3(C)C2. The smallest absolute Gasteiger partial charge is 0.272 e. The van der Waals surface area contributed by atoms with E-state index in [1.165, 1.54) is 19.3 Å². The Balaban J connectivity index is 1.73. The number of hydrogen-bond acceptors (Lipinski definition) is 3. The van der Waals surface area contributed by atoms with Crippen LogP contribution in [0.5, 0.6) is 0 Å².